The zero-order chi connectivity index (χ0) is 17.1. The number of hydrogen-bond donors (Lipinski definition) is 0. The van der Waals surface area contributed by atoms with Crippen LogP contribution in [0, 0.1) is 20.8 Å². The molecule has 1 aromatic carbocycles. The Hall–Kier alpha value is -1.88. The number of amides is 2. The van der Waals surface area contributed by atoms with Crippen LogP contribution < -0.4 is 0 Å². The van der Waals surface area contributed by atoms with Gasteiger partial charge in [-0.3, -0.25) is 9.69 Å². The molecule has 0 saturated carbocycles. The van der Waals surface area contributed by atoms with Gasteiger partial charge in [0.05, 0.1) is 6.54 Å². The predicted molar refractivity (Wildman–Crippen MR) is 92.1 cm³/mol. The fraction of sp³-hybridized carbons (Fsp3) is 0.556. The largest absolute Gasteiger partial charge is 0.331 e. The Morgan fingerprint density at radius 3 is 2.00 bits per heavy atom. The number of aryl methyl sites for hydroxylation is 3. The maximum absolute atomic E-state index is 12.7. The first-order valence-electron chi connectivity index (χ1n) is 8.09. The van der Waals surface area contributed by atoms with E-state index in [4.69, 9.17) is 0 Å². The zero-order valence-electron chi connectivity index (χ0n) is 14.8. The summed E-state index contributed by atoms with van der Waals surface area (Å²) in [7, 11) is 3.53. The monoisotopic (exact) mass is 317 g/mol. The van der Waals surface area contributed by atoms with Gasteiger partial charge in [-0.05, 0) is 31.9 Å². The van der Waals surface area contributed by atoms with E-state index in [2.05, 4.69) is 24.0 Å². The summed E-state index contributed by atoms with van der Waals surface area (Å²) in [6, 6.07) is 4.17. The molecule has 1 aromatic rings. The van der Waals surface area contributed by atoms with Crippen LogP contribution in [0.15, 0.2) is 12.1 Å². The lowest BCUT2D eigenvalue weighted by Crippen LogP contribution is -2.52. The highest BCUT2D eigenvalue weighted by molar-refractivity contribution is 6.00. The molecule has 1 heterocycles. The van der Waals surface area contributed by atoms with E-state index < -0.39 is 0 Å². The number of rotatable bonds is 3. The van der Waals surface area contributed by atoms with Crippen LogP contribution in [0.4, 0.5) is 4.79 Å². The Morgan fingerprint density at radius 2 is 1.52 bits per heavy atom. The minimum absolute atomic E-state index is 0.0428. The molecule has 1 aliphatic heterocycles. The van der Waals surface area contributed by atoms with Crippen molar-refractivity contribution < 1.29 is 9.59 Å². The van der Waals surface area contributed by atoms with Gasteiger partial charge in [0.1, 0.15) is 0 Å². The summed E-state index contributed by atoms with van der Waals surface area (Å²) in [5, 5.41) is 0. The molecule has 2 rings (SSSR count). The minimum atomic E-state index is 0.0428. The van der Waals surface area contributed by atoms with E-state index in [0.29, 0.717) is 19.6 Å². The average Bonchev–Trinajstić information content (AvgIpc) is 2.46. The second-order valence-corrected chi connectivity index (χ2v) is 6.64. The Balaban J connectivity index is 1.97. The molecule has 0 aromatic heterocycles. The number of carbonyl (C=O) groups excluding carboxylic acids is 2. The molecule has 1 fully saturated rings. The molecule has 5 heteroatoms. The van der Waals surface area contributed by atoms with Crippen molar-refractivity contribution in [3.63, 3.8) is 0 Å². The summed E-state index contributed by atoms with van der Waals surface area (Å²) in [6.07, 6.45) is 0. The van der Waals surface area contributed by atoms with Gasteiger partial charge in [-0.2, -0.15) is 0 Å². The summed E-state index contributed by atoms with van der Waals surface area (Å²) in [5.74, 6) is 0.174. The summed E-state index contributed by atoms with van der Waals surface area (Å²) in [4.78, 5) is 30.2. The van der Waals surface area contributed by atoms with Crippen LogP contribution in [0.1, 0.15) is 27.0 Å². The van der Waals surface area contributed by atoms with Crippen molar-refractivity contribution in [3.05, 3.63) is 34.4 Å². The third-order valence-electron chi connectivity index (χ3n) is 4.35. The van der Waals surface area contributed by atoms with Crippen molar-refractivity contribution in [3.8, 4) is 0 Å². The quantitative estimate of drug-likeness (QED) is 0.802. The van der Waals surface area contributed by atoms with Crippen LogP contribution >= 0.6 is 0 Å². The second-order valence-electron chi connectivity index (χ2n) is 6.64. The van der Waals surface area contributed by atoms with Gasteiger partial charge in [-0.25, -0.2) is 4.79 Å². The molecular formula is C18H27N3O2. The smallest absolute Gasteiger partial charge is 0.319 e. The molecule has 1 saturated heterocycles. The number of ketones is 1. The third-order valence-corrected chi connectivity index (χ3v) is 4.35. The summed E-state index contributed by atoms with van der Waals surface area (Å²) in [6.45, 7) is 9.32. The van der Waals surface area contributed by atoms with E-state index in [1.165, 1.54) is 5.56 Å². The van der Waals surface area contributed by atoms with Gasteiger partial charge in [0.15, 0.2) is 5.78 Å². The molecule has 0 bridgehead atoms. The molecule has 5 nitrogen and oxygen atoms in total. The predicted octanol–water partition coefficient (Wildman–Crippen LogP) is 2.09. The van der Waals surface area contributed by atoms with Crippen LogP contribution in [0.25, 0.3) is 0 Å². The normalized spacial score (nSPS) is 15.6. The fourth-order valence-corrected chi connectivity index (χ4v) is 3.28. The molecule has 0 N–H and O–H groups in total. The van der Waals surface area contributed by atoms with E-state index in [1.807, 2.05) is 18.7 Å². The van der Waals surface area contributed by atoms with Crippen molar-refractivity contribution >= 4 is 11.8 Å². The van der Waals surface area contributed by atoms with Gasteiger partial charge in [0, 0.05) is 45.8 Å². The van der Waals surface area contributed by atoms with Crippen LogP contribution in [0.2, 0.25) is 0 Å². The van der Waals surface area contributed by atoms with Crippen molar-refractivity contribution in [1.82, 2.24) is 14.7 Å². The van der Waals surface area contributed by atoms with E-state index in [9.17, 15) is 9.59 Å². The highest BCUT2D eigenvalue weighted by Gasteiger charge is 2.24. The zero-order valence-corrected chi connectivity index (χ0v) is 14.8. The van der Waals surface area contributed by atoms with Crippen LogP contribution in [0.5, 0.6) is 0 Å². The summed E-state index contributed by atoms with van der Waals surface area (Å²) < 4.78 is 0. The van der Waals surface area contributed by atoms with Crippen molar-refractivity contribution in [1.29, 1.82) is 0 Å². The van der Waals surface area contributed by atoms with Crippen molar-refractivity contribution in [2.75, 3.05) is 46.8 Å². The number of carbonyl (C=O) groups is 2. The van der Waals surface area contributed by atoms with Gasteiger partial charge >= 0.3 is 6.03 Å². The molecule has 2 amide bonds. The van der Waals surface area contributed by atoms with Gasteiger partial charge < -0.3 is 9.80 Å². The van der Waals surface area contributed by atoms with Gasteiger partial charge in [0.25, 0.3) is 0 Å². The van der Waals surface area contributed by atoms with E-state index in [0.717, 1.165) is 29.8 Å². The average molecular weight is 317 g/mol. The second kappa shape index (κ2) is 7.13. The molecule has 0 spiro atoms. The highest BCUT2D eigenvalue weighted by atomic mass is 16.2. The molecule has 126 valence electrons. The Morgan fingerprint density at radius 1 is 1.00 bits per heavy atom. The summed E-state index contributed by atoms with van der Waals surface area (Å²) >= 11 is 0. The Labute approximate surface area is 138 Å². The van der Waals surface area contributed by atoms with Gasteiger partial charge in [0.2, 0.25) is 0 Å². The third kappa shape index (κ3) is 4.10. The molecule has 0 unspecified atom stereocenters. The van der Waals surface area contributed by atoms with E-state index in [1.54, 1.807) is 19.0 Å². The van der Waals surface area contributed by atoms with E-state index >= 15 is 0 Å². The van der Waals surface area contributed by atoms with Crippen molar-refractivity contribution in [2.24, 2.45) is 0 Å². The maximum Gasteiger partial charge on any atom is 0.319 e. The van der Waals surface area contributed by atoms with Gasteiger partial charge in [-0.15, -0.1) is 0 Å². The van der Waals surface area contributed by atoms with Crippen molar-refractivity contribution in [2.45, 2.75) is 20.8 Å². The molecule has 1 aliphatic rings. The number of benzene rings is 1. The number of piperazine rings is 1. The number of Topliss-reactive ketones (excluding diaryl/α,β-unsaturated/α-hetero) is 1. The molecule has 0 aliphatic carbocycles. The number of urea groups is 1. The van der Waals surface area contributed by atoms with Gasteiger partial charge in [-0.1, -0.05) is 17.7 Å². The lowest BCUT2D eigenvalue weighted by Gasteiger charge is -2.35. The number of nitrogens with zero attached hydrogens (tertiary/aromatic N) is 3. The van der Waals surface area contributed by atoms with E-state index in [-0.39, 0.29) is 11.8 Å². The molecular weight excluding hydrogens is 290 g/mol. The minimum Gasteiger partial charge on any atom is -0.331 e. The molecule has 23 heavy (non-hydrogen) atoms. The number of hydrogen-bond acceptors (Lipinski definition) is 3. The first kappa shape index (κ1) is 17.5. The first-order chi connectivity index (χ1) is 10.8. The highest BCUT2D eigenvalue weighted by Crippen LogP contribution is 2.18. The first-order valence-corrected chi connectivity index (χ1v) is 8.09. The fourth-order valence-electron chi connectivity index (χ4n) is 3.28. The lowest BCUT2D eigenvalue weighted by atomic mass is 9.96. The maximum atomic E-state index is 12.7. The van der Waals surface area contributed by atoms with Crippen LogP contribution in [-0.2, 0) is 0 Å². The lowest BCUT2D eigenvalue weighted by molar-refractivity contribution is 0.0862. The van der Waals surface area contributed by atoms with Crippen LogP contribution in [0.3, 0.4) is 0 Å². The Bertz CT molecular complexity index is 579. The van der Waals surface area contributed by atoms with Crippen LogP contribution in [-0.4, -0.2) is 73.3 Å². The molecule has 0 atom stereocenters. The molecule has 0 radical (unpaired) electrons. The summed E-state index contributed by atoms with van der Waals surface area (Å²) in [5.41, 5.74) is 4.14. The standard InChI is InChI=1S/C18H27N3O2/c1-13-10-14(2)17(15(3)11-13)16(22)12-20-6-8-21(9-7-20)18(23)19(4)5/h10-11H,6-9,12H2,1-5H3. The topological polar surface area (TPSA) is 43.9 Å². The Kier molecular flexibility index (Phi) is 5.42. The SMILES string of the molecule is Cc1cc(C)c(C(=O)CN2CCN(C(=O)N(C)C)CC2)c(C)c1.